The zero-order valence-corrected chi connectivity index (χ0v) is 23.7. The number of nitrogens with zero attached hydrogens (tertiary/aromatic N) is 1. The highest BCUT2D eigenvalue weighted by atomic mass is 16.4. The van der Waals surface area contributed by atoms with Gasteiger partial charge in [-0.3, -0.25) is 5.32 Å². The SMILES string of the molecule is C1=Cc2c(oc3cccc(C4=NC(c5ccc(-c6ccccc6)cc5)NC(c5cccc6oc7ccccc7c56)N4)c23)NC1. The summed E-state index contributed by atoms with van der Waals surface area (Å²) in [7, 11) is 0. The van der Waals surface area contributed by atoms with Gasteiger partial charge in [0.05, 0.1) is 0 Å². The van der Waals surface area contributed by atoms with Crippen LogP contribution in [0.25, 0.3) is 50.1 Å². The number of amidine groups is 1. The summed E-state index contributed by atoms with van der Waals surface area (Å²) in [6.45, 7) is 0.747. The van der Waals surface area contributed by atoms with Crippen LogP contribution in [0.4, 0.5) is 5.88 Å². The molecule has 0 amide bonds. The third kappa shape index (κ3) is 4.03. The monoisotopic (exact) mass is 572 g/mol. The van der Waals surface area contributed by atoms with Crippen LogP contribution in [0.3, 0.4) is 0 Å². The molecule has 0 bridgehead atoms. The van der Waals surface area contributed by atoms with Gasteiger partial charge < -0.3 is 19.5 Å². The second kappa shape index (κ2) is 10.0. The Kier molecular flexibility index (Phi) is 5.67. The molecule has 2 unspecified atom stereocenters. The molecule has 4 heterocycles. The topological polar surface area (TPSA) is 74.7 Å². The number of fused-ring (bicyclic) bond motifs is 6. The Morgan fingerprint density at radius 1 is 0.659 bits per heavy atom. The van der Waals surface area contributed by atoms with Crippen LogP contribution < -0.4 is 16.0 Å². The first kappa shape index (κ1) is 25.0. The highest BCUT2D eigenvalue weighted by molar-refractivity contribution is 6.13. The van der Waals surface area contributed by atoms with Crippen molar-refractivity contribution >= 4 is 50.7 Å². The van der Waals surface area contributed by atoms with E-state index in [1.54, 1.807) is 0 Å². The van der Waals surface area contributed by atoms with Gasteiger partial charge in [0.15, 0.2) is 0 Å². The van der Waals surface area contributed by atoms with Gasteiger partial charge in [0.1, 0.15) is 34.9 Å². The van der Waals surface area contributed by atoms with E-state index in [-0.39, 0.29) is 12.3 Å². The maximum Gasteiger partial charge on any atom is 0.201 e. The fourth-order valence-electron chi connectivity index (χ4n) is 6.55. The van der Waals surface area contributed by atoms with E-state index in [1.165, 1.54) is 11.1 Å². The number of hydrogen-bond acceptors (Lipinski definition) is 6. The lowest BCUT2D eigenvalue weighted by Gasteiger charge is -2.32. The Labute approximate surface area is 253 Å². The molecule has 9 rings (SSSR count). The molecule has 44 heavy (non-hydrogen) atoms. The minimum Gasteiger partial charge on any atom is -0.456 e. The van der Waals surface area contributed by atoms with Gasteiger partial charge in [-0.25, -0.2) is 4.99 Å². The minimum absolute atomic E-state index is 0.238. The van der Waals surface area contributed by atoms with Crippen LogP contribution in [-0.2, 0) is 0 Å². The van der Waals surface area contributed by atoms with Crippen LogP contribution in [-0.4, -0.2) is 12.4 Å². The third-order valence-corrected chi connectivity index (χ3v) is 8.62. The molecule has 5 aromatic carbocycles. The molecule has 2 aromatic heterocycles. The molecule has 0 aliphatic carbocycles. The number of rotatable bonds is 4. The maximum atomic E-state index is 6.26. The Morgan fingerprint density at radius 3 is 2.30 bits per heavy atom. The van der Waals surface area contributed by atoms with Crippen LogP contribution in [0.15, 0.2) is 135 Å². The number of furan rings is 2. The Morgan fingerprint density at radius 2 is 1.41 bits per heavy atom. The lowest BCUT2D eigenvalue weighted by atomic mass is 9.99. The molecule has 6 nitrogen and oxygen atoms in total. The lowest BCUT2D eigenvalue weighted by molar-refractivity contribution is 0.411. The fourth-order valence-corrected chi connectivity index (χ4v) is 6.55. The summed E-state index contributed by atoms with van der Waals surface area (Å²) in [5.74, 6) is 1.60. The number of benzene rings is 5. The lowest BCUT2D eigenvalue weighted by Crippen LogP contribution is -2.45. The largest absolute Gasteiger partial charge is 0.456 e. The van der Waals surface area contributed by atoms with Crippen molar-refractivity contribution in [3.05, 3.63) is 144 Å². The highest BCUT2D eigenvalue weighted by Gasteiger charge is 2.29. The number of anilines is 1. The van der Waals surface area contributed by atoms with E-state index >= 15 is 0 Å². The van der Waals surface area contributed by atoms with Crippen molar-refractivity contribution in [1.29, 1.82) is 0 Å². The molecule has 7 aromatic rings. The van der Waals surface area contributed by atoms with E-state index in [2.05, 4.69) is 107 Å². The molecule has 2 aliphatic rings. The van der Waals surface area contributed by atoms with E-state index < -0.39 is 0 Å². The molecule has 212 valence electrons. The average molecular weight is 573 g/mol. The van der Waals surface area contributed by atoms with Crippen molar-refractivity contribution in [2.75, 3.05) is 11.9 Å². The highest BCUT2D eigenvalue weighted by Crippen LogP contribution is 2.38. The molecular weight excluding hydrogens is 544 g/mol. The van der Waals surface area contributed by atoms with Crippen molar-refractivity contribution in [1.82, 2.24) is 10.6 Å². The molecule has 0 saturated carbocycles. The van der Waals surface area contributed by atoms with Gasteiger partial charge in [0.25, 0.3) is 0 Å². The molecule has 2 aliphatic heterocycles. The molecule has 6 heteroatoms. The predicted molar refractivity (Wildman–Crippen MR) is 178 cm³/mol. The van der Waals surface area contributed by atoms with E-state index in [9.17, 15) is 0 Å². The maximum absolute atomic E-state index is 6.26. The minimum atomic E-state index is -0.291. The predicted octanol–water partition coefficient (Wildman–Crippen LogP) is 8.77. The zero-order chi connectivity index (χ0) is 29.0. The van der Waals surface area contributed by atoms with Gasteiger partial charge in [0, 0.05) is 39.4 Å². The average Bonchev–Trinajstić information content (AvgIpc) is 3.67. The second-order valence-electron chi connectivity index (χ2n) is 11.2. The van der Waals surface area contributed by atoms with E-state index in [1.807, 2.05) is 36.4 Å². The summed E-state index contributed by atoms with van der Waals surface area (Å²) >= 11 is 0. The van der Waals surface area contributed by atoms with Gasteiger partial charge in [-0.1, -0.05) is 109 Å². The molecule has 0 radical (unpaired) electrons. The van der Waals surface area contributed by atoms with Crippen LogP contribution in [0, 0.1) is 0 Å². The van der Waals surface area contributed by atoms with Gasteiger partial charge in [-0.15, -0.1) is 0 Å². The van der Waals surface area contributed by atoms with Crippen LogP contribution in [0.1, 0.15) is 34.6 Å². The molecule has 2 atom stereocenters. The Balaban J connectivity index is 1.20. The first-order chi connectivity index (χ1) is 21.8. The number of para-hydroxylation sites is 1. The first-order valence-electron chi connectivity index (χ1n) is 14.9. The summed E-state index contributed by atoms with van der Waals surface area (Å²) in [4.78, 5) is 5.29. The van der Waals surface area contributed by atoms with Crippen LogP contribution in [0.5, 0.6) is 0 Å². The van der Waals surface area contributed by atoms with Crippen molar-refractivity contribution < 1.29 is 8.83 Å². The quantitative estimate of drug-likeness (QED) is 0.197. The van der Waals surface area contributed by atoms with Gasteiger partial charge in [-0.05, 0) is 34.9 Å². The van der Waals surface area contributed by atoms with Crippen molar-refractivity contribution in [2.24, 2.45) is 4.99 Å². The molecule has 0 spiro atoms. The number of aliphatic imine (C=N–C) groups is 1. The summed E-state index contributed by atoms with van der Waals surface area (Å²) < 4.78 is 12.5. The first-order valence-corrected chi connectivity index (χ1v) is 14.9. The number of hydrogen-bond donors (Lipinski definition) is 3. The standard InChI is InChI=1S/C38H28N4O2/c1-2-9-23(10-3-1)24-18-20-25(21-19-24)35-40-36(27-12-6-16-31-33(27)26-11-4-5-15-30(26)43-31)42-37(41-35)28-13-7-17-32-34(28)29-14-8-22-39-38(29)44-32/h1-21,35-36,39-40H,22H2,(H,41,42). The molecular formula is C38H28N4O2. The summed E-state index contributed by atoms with van der Waals surface area (Å²) in [5, 5.41) is 14.2. The fraction of sp³-hybridized carbons (Fsp3) is 0.0789. The third-order valence-electron chi connectivity index (χ3n) is 8.62. The normalized spacial score (nSPS) is 17.8. The van der Waals surface area contributed by atoms with Gasteiger partial charge in [0.2, 0.25) is 5.88 Å². The molecule has 0 saturated heterocycles. The van der Waals surface area contributed by atoms with Crippen molar-refractivity contribution in [2.45, 2.75) is 12.3 Å². The summed E-state index contributed by atoms with van der Waals surface area (Å²) in [6, 6.07) is 39.8. The van der Waals surface area contributed by atoms with E-state index in [4.69, 9.17) is 13.8 Å². The summed E-state index contributed by atoms with van der Waals surface area (Å²) in [5.41, 5.74) is 9.18. The van der Waals surface area contributed by atoms with Crippen molar-refractivity contribution in [3.63, 3.8) is 0 Å². The van der Waals surface area contributed by atoms with Crippen LogP contribution in [0.2, 0.25) is 0 Å². The van der Waals surface area contributed by atoms with E-state index in [0.717, 1.165) is 73.4 Å². The zero-order valence-electron chi connectivity index (χ0n) is 23.7. The summed E-state index contributed by atoms with van der Waals surface area (Å²) in [6.07, 6.45) is 3.73. The van der Waals surface area contributed by atoms with Crippen LogP contribution >= 0.6 is 0 Å². The van der Waals surface area contributed by atoms with E-state index in [0.29, 0.717) is 0 Å². The second-order valence-corrected chi connectivity index (χ2v) is 11.2. The van der Waals surface area contributed by atoms with Gasteiger partial charge >= 0.3 is 0 Å². The smallest absolute Gasteiger partial charge is 0.201 e. The Hall–Kier alpha value is -5.59. The Bertz CT molecular complexity index is 2240. The molecule has 0 fully saturated rings. The van der Waals surface area contributed by atoms with Gasteiger partial charge in [-0.2, -0.15) is 0 Å². The van der Waals surface area contributed by atoms with Crippen molar-refractivity contribution in [3.8, 4) is 11.1 Å². The molecule has 3 N–H and O–H groups in total. The number of nitrogens with one attached hydrogen (secondary N) is 3.